The highest BCUT2D eigenvalue weighted by Crippen LogP contribution is 2.13. The molecule has 1 aromatic rings. The highest BCUT2D eigenvalue weighted by Gasteiger charge is 2.01. The Morgan fingerprint density at radius 2 is 2.31 bits per heavy atom. The summed E-state index contributed by atoms with van der Waals surface area (Å²) in [5.74, 6) is 0.515. The van der Waals surface area contributed by atoms with Gasteiger partial charge in [-0.2, -0.15) is 0 Å². The molecule has 3 N–H and O–H groups in total. The van der Waals surface area contributed by atoms with Crippen molar-refractivity contribution in [3.63, 3.8) is 0 Å². The van der Waals surface area contributed by atoms with Crippen LogP contribution in [0.1, 0.15) is 19.8 Å². The number of unbranched alkanes of at least 4 members (excludes halogenated alkanes) is 1. The lowest BCUT2D eigenvalue weighted by molar-refractivity contribution is -0.123. The fourth-order valence-corrected chi connectivity index (χ4v) is 1.21. The smallest absolute Gasteiger partial charge is 0.257 e. The summed E-state index contributed by atoms with van der Waals surface area (Å²) in [6, 6.07) is 7.03. The number of ether oxygens (including phenoxy) is 1. The first kappa shape index (κ1) is 12.4. The second-order valence-corrected chi connectivity index (χ2v) is 3.56. The van der Waals surface area contributed by atoms with Crippen molar-refractivity contribution in [2.75, 3.05) is 18.9 Å². The molecule has 16 heavy (non-hydrogen) atoms. The first-order chi connectivity index (χ1) is 7.72. The maximum absolute atomic E-state index is 11.3. The third-order valence-corrected chi connectivity index (χ3v) is 2.08. The van der Waals surface area contributed by atoms with Crippen molar-refractivity contribution in [3.8, 4) is 5.75 Å². The monoisotopic (exact) mass is 222 g/mol. The van der Waals surface area contributed by atoms with Crippen LogP contribution in [0.25, 0.3) is 0 Å². The number of carbonyl (C=O) groups is 1. The van der Waals surface area contributed by atoms with E-state index < -0.39 is 0 Å². The van der Waals surface area contributed by atoms with E-state index in [1.165, 1.54) is 0 Å². The van der Waals surface area contributed by atoms with Crippen LogP contribution in [-0.2, 0) is 4.79 Å². The van der Waals surface area contributed by atoms with E-state index in [9.17, 15) is 4.79 Å². The van der Waals surface area contributed by atoms with Gasteiger partial charge in [0, 0.05) is 18.3 Å². The van der Waals surface area contributed by atoms with Gasteiger partial charge < -0.3 is 15.8 Å². The van der Waals surface area contributed by atoms with E-state index >= 15 is 0 Å². The van der Waals surface area contributed by atoms with Gasteiger partial charge in [0.15, 0.2) is 6.61 Å². The Morgan fingerprint density at radius 3 is 3.00 bits per heavy atom. The van der Waals surface area contributed by atoms with Gasteiger partial charge in [0.25, 0.3) is 5.91 Å². The van der Waals surface area contributed by atoms with Gasteiger partial charge in [0.05, 0.1) is 0 Å². The van der Waals surface area contributed by atoms with Crippen molar-refractivity contribution in [2.24, 2.45) is 0 Å². The number of hydrogen-bond donors (Lipinski definition) is 2. The second-order valence-electron chi connectivity index (χ2n) is 3.56. The average Bonchev–Trinajstić information content (AvgIpc) is 2.27. The van der Waals surface area contributed by atoms with Crippen LogP contribution < -0.4 is 15.8 Å². The summed E-state index contributed by atoms with van der Waals surface area (Å²) in [5, 5.41) is 2.77. The Balaban J connectivity index is 2.26. The molecule has 4 heteroatoms. The largest absolute Gasteiger partial charge is 0.484 e. The molecule has 4 nitrogen and oxygen atoms in total. The number of rotatable bonds is 6. The van der Waals surface area contributed by atoms with Crippen molar-refractivity contribution in [3.05, 3.63) is 24.3 Å². The summed E-state index contributed by atoms with van der Waals surface area (Å²) in [4.78, 5) is 11.3. The number of nitrogen functional groups attached to an aromatic ring is 1. The molecule has 0 aliphatic rings. The predicted octanol–water partition coefficient (Wildman–Crippen LogP) is 1.56. The third kappa shape index (κ3) is 4.68. The van der Waals surface area contributed by atoms with E-state index in [4.69, 9.17) is 10.5 Å². The Kier molecular flexibility index (Phi) is 5.19. The first-order valence-corrected chi connectivity index (χ1v) is 5.47. The van der Waals surface area contributed by atoms with Crippen molar-refractivity contribution in [1.29, 1.82) is 0 Å². The van der Waals surface area contributed by atoms with E-state index in [2.05, 4.69) is 12.2 Å². The van der Waals surface area contributed by atoms with Gasteiger partial charge in [-0.3, -0.25) is 4.79 Å². The molecule has 0 saturated carbocycles. The van der Waals surface area contributed by atoms with Crippen LogP contribution in [0.2, 0.25) is 0 Å². The maximum atomic E-state index is 11.3. The molecule has 0 fully saturated rings. The lowest BCUT2D eigenvalue weighted by Gasteiger charge is -2.07. The minimum atomic E-state index is -0.101. The maximum Gasteiger partial charge on any atom is 0.257 e. The number of benzene rings is 1. The van der Waals surface area contributed by atoms with Crippen LogP contribution in [0.5, 0.6) is 5.75 Å². The first-order valence-electron chi connectivity index (χ1n) is 5.47. The van der Waals surface area contributed by atoms with Gasteiger partial charge in [0.1, 0.15) is 5.75 Å². The molecular formula is C12H18N2O2. The van der Waals surface area contributed by atoms with Gasteiger partial charge in [-0.15, -0.1) is 0 Å². The van der Waals surface area contributed by atoms with Crippen molar-refractivity contribution >= 4 is 11.6 Å². The van der Waals surface area contributed by atoms with Crippen LogP contribution in [0.3, 0.4) is 0 Å². The molecule has 0 aliphatic heterocycles. The van der Waals surface area contributed by atoms with Crippen LogP contribution in [0.15, 0.2) is 24.3 Å². The predicted molar refractivity (Wildman–Crippen MR) is 64.3 cm³/mol. The van der Waals surface area contributed by atoms with Gasteiger partial charge in [-0.05, 0) is 18.6 Å². The standard InChI is InChI=1S/C12H18N2O2/c1-2-3-7-14-12(15)9-16-11-6-4-5-10(13)8-11/h4-6,8H,2-3,7,9,13H2,1H3,(H,14,15). The SMILES string of the molecule is CCCCNC(=O)COc1cccc(N)c1. The number of carbonyl (C=O) groups excluding carboxylic acids is 1. The summed E-state index contributed by atoms with van der Waals surface area (Å²) in [6.45, 7) is 2.82. The van der Waals surface area contributed by atoms with Gasteiger partial charge >= 0.3 is 0 Å². The van der Waals surface area contributed by atoms with E-state index in [1.54, 1.807) is 24.3 Å². The molecule has 0 spiro atoms. The minimum absolute atomic E-state index is 0.0349. The highest BCUT2D eigenvalue weighted by atomic mass is 16.5. The van der Waals surface area contributed by atoms with Crippen molar-refractivity contribution < 1.29 is 9.53 Å². The van der Waals surface area contributed by atoms with Crippen molar-refractivity contribution in [2.45, 2.75) is 19.8 Å². The third-order valence-electron chi connectivity index (χ3n) is 2.08. The van der Waals surface area contributed by atoms with Crippen LogP contribution in [0.4, 0.5) is 5.69 Å². The molecule has 0 bridgehead atoms. The summed E-state index contributed by atoms with van der Waals surface area (Å²) in [7, 11) is 0. The van der Waals surface area contributed by atoms with Gasteiger partial charge in [-0.25, -0.2) is 0 Å². The Labute approximate surface area is 95.8 Å². The molecule has 0 heterocycles. The molecule has 0 aromatic heterocycles. The molecule has 0 radical (unpaired) electrons. The fourth-order valence-electron chi connectivity index (χ4n) is 1.21. The van der Waals surface area contributed by atoms with Gasteiger partial charge in [-0.1, -0.05) is 19.4 Å². The zero-order chi connectivity index (χ0) is 11.8. The number of hydrogen-bond acceptors (Lipinski definition) is 3. The number of anilines is 1. The Morgan fingerprint density at radius 1 is 1.50 bits per heavy atom. The molecule has 0 aliphatic carbocycles. The molecule has 0 unspecified atom stereocenters. The molecule has 0 saturated heterocycles. The normalized spacial score (nSPS) is 9.81. The second kappa shape index (κ2) is 6.71. The molecule has 1 amide bonds. The zero-order valence-corrected chi connectivity index (χ0v) is 9.53. The summed E-state index contributed by atoms with van der Waals surface area (Å²) in [5.41, 5.74) is 6.21. The average molecular weight is 222 g/mol. The lowest BCUT2D eigenvalue weighted by atomic mass is 10.3. The summed E-state index contributed by atoms with van der Waals surface area (Å²) < 4.78 is 5.29. The van der Waals surface area contributed by atoms with Crippen LogP contribution in [0, 0.1) is 0 Å². The molecule has 1 aromatic carbocycles. The zero-order valence-electron chi connectivity index (χ0n) is 9.53. The quantitative estimate of drug-likeness (QED) is 0.567. The summed E-state index contributed by atoms with van der Waals surface area (Å²) >= 11 is 0. The Hall–Kier alpha value is -1.71. The molecule has 88 valence electrons. The number of amides is 1. The highest BCUT2D eigenvalue weighted by molar-refractivity contribution is 5.77. The van der Waals surface area contributed by atoms with Crippen molar-refractivity contribution in [1.82, 2.24) is 5.32 Å². The van der Waals surface area contributed by atoms with Crippen LogP contribution in [-0.4, -0.2) is 19.1 Å². The lowest BCUT2D eigenvalue weighted by Crippen LogP contribution is -2.29. The topological polar surface area (TPSA) is 64.3 Å². The van der Waals surface area contributed by atoms with E-state index in [-0.39, 0.29) is 12.5 Å². The van der Waals surface area contributed by atoms with Gasteiger partial charge in [0.2, 0.25) is 0 Å². The molecule has 1 rings (SSSR count). The van der Waals surface area contributed by atoms with E-state index in [1.807, 2.05) is 0 Å². The molecule has 0 atom stereocenters. The van der Waals surface area contributed by atoms with Crippen LogP contribution >= 0.6 is 0 Å². The summed E-state index contributed by atoms with van der Waals surface area (Å²) in [6.07, 6.45) is 2.06. The fraction of sp³-hybridized carbons (Fsp3) is 0.417. The molecular weight excluding hydrogens is 204 g/mol. The number of nitrogens with one attached hydrogen (secondary N) is 1. The van der Waals surface area contributed by atoms with E-state index in [0.29, 0.717) is 18.0 Å². The van der Waals surface area contributed by atoms with E-state index in [0.717, 1.165) is 12.8 Å². The minimum Gasteiger partial charge on any atom is -0.484 e. The Bertz CT molecular complexity index is 340. The number of nitrogens with two attached hydrogens (primary N) is 1.